The summed E-state index contributed by atoms with van der Waals surface area (Å²) in [7, 11) is 0. The van der Waals surface area contributed by atoms with E-state index in [1.165, 1.54) is 0 Å². The Balaban J connectivity index is 1.63. The molecule has 2 aromatic heterocycles. The summed E-state index contributed by atoms with van der Waals surface area (Å²) in [5.74, 6) is 0.473. The predicted molar refractivity (Wildman–Crippen MR) is 79.5 cm³/mol. The number of piperidine rings is 1. The van der Waals surface area contributed by atoms with Gasteiger partial charge in [0.05, 0.1) is 18.3 Å². The van der Waals surface area contributed by atoms with Crippen molar-refractivity contribution in [3.63, 3.8) is 0 Å². The maximum Gasteiger partial charge on any atom is 0.228 e. The molecular weight excluding hydrogens is 266 g/mol. The molecule has 0 saturated carbocycles. The molecule has 110 valence electrons. The van der Waals surface area contributed by atoms with Crippen molar-refractivity contribution in [2.24, 2.45) is 0 Å². The molecule has 1 unspecified atom stereocenters. The van der Waals surface area contributed by atoms with Gasteiger partial charge in [-0.2, -0.15) is 5.10 Å². The summed E-state index contributed by atoms with van der Waals surface area (Å²) >= 11 is 0. The van der Waals surface area contributed by atoms with Crippen LogP contribution in [0.1, 0.15) is 30.1 Å². The molecule has 1 aliphatic rings. The number of aromatic amines is 1. The average Bonchev–Trinajstić information content (AvgIpc) is 3.04. The van der Waals surface area contributed by atoms with Crippen molar-refractivity contribution in [1.29, 1.82) is 0 Å². The van der Waals surface area contributed by atoms with Crippen molar-refractivity contribution >= 4 is 11.6 Å². The van der Waals surface area contributed by atoms with Crippen molar-refractivity contribution in [1.82, 2.24) is 20.1 Å². The van der Waals surface area contributed by atoms with E-state index in [4.69, 9.17) is 5.73 Å². The third kappa shape index (κ3) is 3.21. The first-order chi connectivity index (χ1) is 10.2. The van der Waals surface area contributed by atoms with Gasteiger partial charge >= 0.3 is 0 Å². The first-order valence-corrected chi connectivity index (χ1v) is 7.20. The van der Waals surface area contributed by atoms with Gasteiger partial charge in [-0.3, -0.25) is 14.9 Å². The zero-order chi connectivity index (χ0) is 14.7. The van der Waals surface area contributed by atoms with E-state index in [1.807, 2.05) is 17.0 Å². The van der Waals surface area contributed by atoms with Gasteiger partial charge in [0.25, 0.3) is 0 Å². The molecule has 3 heterocycles. The van der Waals surface area contributed by atoms with Crippen LogP contribution in [0.3, 0.4) is 0 Å². The van der Waals surface area contributed by atoms with Gasteiger partial charge in [-0.15, -0.1) is 0 Å². The lowest BCUT2D eigenvalue weighted by Gasteiger charge is -2.32. The van der Waals surface area contributed by atoms with Crippen LogP contribution < -0.4 is 5.73 Å². The molecule has 6 nitrogen and oxygen atoms in total. The number of nitrogens with zero attached hydrogens (tertiary/aromatic N) is 3. The fraction of sp³-hybridized carbons (Fsp3) is 0.400. The second-order valence-corrected chi connectivity index (χ2v) is 5.45. The molecule has 0 spiro atoms. The Morgan fingerprint density at radius 3 is 3.05 bits per heavy atom. The van der Waals surface area contributed by atoms with Gasteiger partial charge in [0.2, 0.25) is 5.91 Å². The molecule has 1 aliphatic heterocycles. The fourth-order valence-corrected chi connectivity index (χ4v) is 2.76. The highest BCUT2D eigenvalue weighted by Crippen LogP contribution is 2.25. The van der Waals surface area contributed by atoms with Gasteiger partial charge in [-0.25, -0.2) is 0 Å². The molecule has 0 aromatic carbocycles. The lowest BCUT2D eigenvalue weighted by molar-refractivity contribution is -0.131. The summed E-state index contributed by atoms with van der Waals surface area (Å²) < 4.78 is 0. The van der Waals surface area contributed by atoms with Crippen LogP contribution in [-0.4, -0.2) is 39.1 Å². The minimum Gasteiger partial charge on any atom is -0.397 e. The Morgan fingerprint density at radius 1 is 1.43 bits per heavy atom. The van der Waals surface area contributed by atoms with Crippen LogP contribution >= 0.6 is 0 Å². The minimum absolute atomic E-state index is 0.122. The zero-order valence-electron chi connectivity index (χ0n) is 11.8. The second kappa shape index (κ2) is 5.95. The van der Waals surface area contributed by atoms with E-state index in [9.17, 15) is 4.79 Å². The van der Waals surface area contributed by atoms with Crippen LogP contribution in [0.15, 0.2) is 30.6 Å². The zero-order valence-corrected chi connectivity index (χ0v) is 11.8. The number of aromatic nitrogens is 3. The highest BCUT2D eigenvalue weighted by Gasteiger charge is 2.25. The number of anilines is 1. The maximum atomic E-state index is 12.4. The van der Waals surface area contributed by atoms with Gasteiger partial charge in [0, 0.05) is 36.6 Å². The number of pyridine rings is 1. The predicted octanol–water partition coefficient (Wildman–Crippen LogP) is 1.34. The van der Waals surface area contributed by atoms with Crippen LogP contribution in [0.25, 0.3) is 0 Å². The molecule has 21 heavy (non-hydrogen) atoms. The molecular formula is C15H19N5O. The molecule has 1 atom stereocenters. The van der Waals surface area contributed by atoms with Crippen molar-refractivity contribution in [2.45, 2.75) is 25.2 Å². The number of H-pyrrole nitrogens is 1. The molecule has 0 bridgehead atoms. The Labute approximate surface area is 123 Å². The second-order valence-electron chi connectivity index (χ2n) is 5.45. The Hall–Kier alpha value is -2.37. The molecule has 3 rings (SSSR count). The van der Waals surface area contributed by atoms with Crippen LogP contribution in [0, 0.1) is 0 Å². The summed E-state index contributed by atoms with van der Waals surface area (Å²) in [5, 5.41) is 7.00. The van der Waals surface area contributed by atoms with Crippen LogP contribution in [0.4, 0.5) is 5.69 Å². The van der Waals surface area contributed by atoms with Crippen molar-refractivity contribution in [3.8, 4) is 0 Å². The van der Waals surface area contributed by atoms with E-state index in [2.05, 4.69) is 15.2 Å². The average molecular weight is 285 g/mol. The Kier molecular flexibility index (Phi) is 3.85. The van der Waals surface area contributed by atoms with E-state index >= 15 is 0 Å². The summed E-state index contributed by atoms with van der Waals surface area (Å²) in [6.45, 7) is 1.56. The van der Waals surface area contributed by atoms with Crippen LogP contribution in [0.5, 0.6) is 0 Å². The topological polar surface area (TPSA) is 87.9 Å². The monoisotopic (exact) mass is 285 g/mol. The van der Waals surface area contributed by atoms with Gasteiger partial charge in [-0.05, 0) is 31.0 Å². The number of carbonyl (C=O) groups excluding carboxylic acids is 1. The van der Waals surface area contributed by atoms with E-state index in [-0.39, 0.29) is 5.91 Å². The summed E-state index contributed by atoms with van der Waals surface area (Å²) in [6.07, 6.45) is 5.78. The van der Waals surface area contributed by atoms with Gasteiger partial charge in [0.1, 0.15) is 0 Å². The Bertz CT molecular complexity index is 593. The smallest absolute Gasteiger partial charge is 0.228 e. The van der Waals surface area contributed by atoms with Gasteiger partial charge in [-0.1, -0.05) is 0 Å². The lowest BCUT2D eigenvalue weighted by Crippen LogP contribution is -2.40. The number of likely N-dealkylation sites (tertiary alicyclic amines) is 1. The van der Waals surface area contributed by atoms with Crippen molar-refractivity contribution < 1.29 is 4.79 Å². The fourth-order valence-electron chi connectivity index (χ4n) is 2.76. The third-order valence-corrected chi connectivity index (χ3v) is 3.92. The number of amides is 1. The van der Waals surface area contributed by atoms with Crippen LogP contribution in [0.2, 0.25) is 0 Å². The van der Waals surface area contributed by atoms with Gasteiger partial charge in [0.15, 0.2) is 0 Å². The number of hydrogen-bond donors (Lipinski definition) is 2. The SMILES string of the molecule is Nc1ccc(CC(=O)N2CCCC(c3ccn[nH]3)C2)nc1. The molecule has 6 heteroatoms. The summed E-state index contributed by atoms with van der Waals surface area (Å²) in [5.41, 5.74) is 8.09. The molecule has 2 aromatic rings. The first-order valence-electron chi connectivity index (χ1n) is 7.20. The quantitative estimate of drug-likeness (QED) is 0.890. The van der Waals surface area contributed by atoms with Gasteiger partial charge < -0.3 is 10.6 Å². The van der Waals surface area contributed by atoms with Crippen LogP contribution in [-0.2, 0) is 11.2 Å². The molecule has 0 radical (unpaired) electrons. The van der Waals surface area contributed by atoms with Crippen molar-refractivity contribution in [2.75, 3.05) is 18.8 Å². The normalized spacial score (nSPS) is 18.7. The van der Waals surface area contributed by atoms with E-state index < -0.39 is 0 Å². The van der Waals surface area contributed by atoms with E-state index in [1.54, 1.807) is 18.5 Å². The number of carbonyl (C=O) groups is 1. The molecule has 1 saturated heterocycles. The summed E-state index contributed by atoms with van der Waals surface area (Å²) in [4.78, 5) is 18.5. The number of hydrogen-bond acceptors (Lipinski definition) is 4. The molecule has 0 aliphatic carbocycles. The van der Waals surface area contributed by atoms with E-state index in [0.29, 0.717) is 18.0 Å². The number of nitrogens with one attached hydrogen (secondary N) is 1. The standard InChI is InChI=1S/C15H19N5O/c16-12-3-4-13(17-9-12)8-15(21)20-7-1-2-11(10-20)14-5-6-18-19-14/h3-6,9,11H,1-2,7-8,10,16H2,(H,18,19). The highest BCUT2D eigenvalue weighted by molar-refractivity contribution is 5.78. The number of nitrogen functional groups attached to an aromatic ring is 1. The largest absolute Gasteiger partial charge is 0.397 e. The number of nitrogens with two attached hydrogens (primary N) is 1. The lowest BCUT2D eigenvalue weighted by atomic mass is 9.94. The minimum atomic E-state index is 0.122. The van der Waals surface area contributed by atoms with E-state index in [0.717, 1.165) is 37.3 Å². The molecule has 3 N–H and O–H groups in total. The Morgan fingerprint density at radius 2 is 2.33 bits per heavy atom. The number of rotatable bonds is 3. The maximum absolute atomic E-state index is 12.4. The summed E-state index contributed by atoms with van der Waals surface area (Å²) in [6, 6.07) is 5.57. The third-order valence-electron chi connectivity index (χ3n) is 3.92. The molecule has 1 fully saturated rings. The first kappa shape index (κ1) is 13.6. The van der Waals surface area contributed by atoms with Crippen molar-refractivity contribution in [3.05, 3.63) is 42.0 Å². The molecule has 1 amide bonds. The highest BCUT2D eigenvalue weighted by atomic mass is 16.2.